The van der Waals surface area contributed by atoms with Crippen LogP contribution in [0.1, 0.15) is 11.1 Å². The lowest BCUT2D eigenvalue weighted by Gasteiger charge is -2.13. The van der Waals surface area contributed by atoms with Gasteiger partial charge < -0.3 is 15.2 Å². The predicted molar refractivity (Wildman–Crippen MR) is 62.7 cm³/mol. The van der Waals surface area contributed by atoms with Gasteiger partial charge in [-0.1, -0.05) is 0 Å². The second-order valence-electron chi connectivity index (χ2n) is 3.51. The first-order valence-electron chi connectivity index (χ1n) is 4.99. The highest BCUT2D eigenvalue weighted by atomic mass is 79.9. The van der Waals surface area contributed by atoms with Gasteiger partial charge in [0.1, 0.15) is 16.0 Å². The molecule has 0 amide bonds. The molecule has 0 bridgehead atoms. The predicted octanol–water partition coefficient (Wildman–Crippen LogP) is 1.89. The third-order valence-electron chi connectivity index (χ3n) is 2.57. The first kappa shape index (κ1) is 10.8. The van der Waals surface area contributed by atoms with Crippen LogP contribution in [-0.2, 0) is 12.8 Å². The molecule has 0 aliphatic carbocycles. The third kappa shape index (κ3) is 1.84. The zero-order valence-electron chi connectivity index (χ0n) is 8.68. The minimum absolute atomic E-state index is 0.627. The number of benzene rings is 1. The number of fused-ring (bicyclic) bond motifs is 1. The average molecular weight is 272 g/mol. The molecule has 0 unspecified atom stereocenters. The van der Waals surface area contributed by atoms with E-state index in [9.17, 15) is 0 Å². The van der Waals surface area contributed by atoms with Gasteiger partial charge in [-0.05, 0) is 46.1 Å². The molecule has 82 valence electrons. The van der Waals surface area contributed by atoms with Crippen molar-refractivity contribution < 1.29 is 9.47 Å². The van der Waals surface area contributed by atoms with E-state index < -0.39 is 0 Å². The Morgan fingerprint density at radius 1 is 1.60 bits per heavy atom. The average Bonchev–Trinajstić information content (AvgIpc) is 2.67. The van der Waals surface area contributed by atoms with Gasteiger partial charge >= 0.3 is 0 Å². The molecule has 1 aromatic rings. The fourth-order valence-corrected chi connectivity index (χ4v) is 2.68. The van der Waals surface area contributed by atoms with Gasteiger partial charge in [0.15, 0.2) is 0 Å². The van der Waals surface area contributed by atoms with Gasteiger partial charge in [0.25, 0.3) is 0 Å². The van der Waals surface area contributed by atoms with E-state index >= 15 is 0 Å². The Labute approximate surface area is 97.7 Å². The maximum atomic E-state index is 5.58. The zero-order valence-corrected chi connectivity index (χ0v) is 10.3. The molecule has 4 heteroatoms. The molecule has 0 spiro atoms. The van der Waals surface area contributed by atoms with Crippen molar-refractivity contribution in [2.24, 2.45) is 5.73 Å². The van der Waals surface area contributed by atoms with Crippen LogP contribution in [0.25, 0.3) is 0 Å². The van der Waals surface area contributed by atoms with Crippen molar-refractivity contribution in [3.8, 4) is 11.5 Å². The molecule has 2 rings (SSSR count). The highest BCUT2D eigenvalue weighted by molar-refractivity contribution is 9.10. The van der Waals surface area contributed by atoms with Crippen molar-refractivity contribution in [3.05, 3.63) is 21.7 Å². The van der Waals surface area contributed by atoms with E-state index in [-0.39, 0.29) is 0 Å². The van der Waals surface area contributed by atoms with Gasteiger partial charge in [0.05, 0.1) is 13.7 Å². The lowest BCUT2D eigenvalue weighted by atomic mass is 10.0. The number of hydrogen-bond donors (Lipinski definition) is 1. The Kier molecular flexibility index (Phi) is 3.17. The number of ether oxygens (including phenoxy) is 2. The smallest absolute Gasteiger partial charge is 0.140 e. The summed E-state index contributed by atoms with van der Waals surface area (Å²) < 4.78 is 11.8. The van der Waals surface area contributed by atoms with Crippen LogP contribution >= 0.6 is 15.9 Å². The van der Waals surface area contributed by atoms with E-state index in [0.29, 0.717) is 6.54 Å². The van der Waals surface area contributed by atoms with Gasteiger partial charge in [-0.3, -0.25) is 0 Å². The fraction of sp³-hybridized carbons (Fsp3) is 0.455. The molecule has 0 saturated heterocycles. The number of rotatable bonds is 3. The van der Waals surface area contributed by atoms with Crippen molar-refractivity contribution in [3.63, 3.8) is 0 Å². The molecule has 1 aliphatic rings. The van der Waals surface area contributed by atoms with E-state index in [1.165, 1.54) is 5.56 Å². The highest BCUT2D eigenvalue weighted by Gasteiger charge is 2.21. The van der Waals surface area contributed by atoms with E-state index in [1.807, 2.05) is 0 Å². The molecule has 1 aliphatic heterocycles. The van der Waals surface area contributed by atoms with Crippen LogP contribution < -0.4 is 15.2 Å². The van der Waals surface area contributed by atoms with Crippen LogP contribution in [0.2, 0.25) is 0 Å². The summed E-state index contributed by atoms with van der Waals surface area (Å²) in [5.41, 5.74) is 7.97. The Morgan fingerprint density at radius 3 is 3.07 bits per heavy atom. The molecular formula is C11H14BrNO2. The summed E-state index contributed by atoms with van der Waals surface area (Å²) in [6.07, 6.45) is 1.80. The van der Waals surface area contributed by atoms with Gasteiger partial charge in [0, 0.05) is 6.42 Å². The van der Waals surface area contributed by atoms with Crippen LogP contribution in [0.3, 0.4) is 0 Å². The molecule has 3 nitrogen and oxygen atoms in total. The zero-order chi connectivity index (χ0) is 10.8. The Hall–Kier alpha value is -0.740. The quantitative estimate of drug-likeness (QED) is 0.913. The van der Waals surface area contributed by atoms with Crippen molar-refractivity contribution in [1.29, 1.82) is 0 Å². The first-order valence-corrected chi connectivity index (χ1v) is 5.78. The normalized spacial score (nSPS) is 13.5. The van der Waals surface area contributed by atoms with Crippen LogP contribution in [0, 0.1) is 0 Å². The Morgan fingerprint density at radius 2 is 2.40 bits per heavy atom. The molecule has 0 atom stereocenters. The molecular weight excluding hydrogens is 258 g/mol. The van der Waals surface area contributed by atoms with Gasteiger partial charge in [-0.2, -0.15) is 0 Å². The maximum absolute atomic E-state index is 5.58. The summed E-state index contributed by atoms with van der Waals surface area (Å²) in [7, 11) is 1.67. The molecule has 0 radical (unpaired) electrons. The van der Waals surface area contributed by atoms with E-state index in [2.05, 4.69) is 22.0 Å². The largest absolute Gasteiger partial charge is 0.495 e. The molecule has 0 aromatic heterocycles. The molecule has 1 heterocycles. The number of halogens is 1. The second kappa shape index (κ2) is 4.41. The molecule has 1 aromatic carbocycles. The lowest BCUT2D eigenvalue weighted by Crippen LogP contribution is -2.05. The Bertz CT molecular complexity index is 379. The molecule has 2 N–H and O–H groups in total. The van der Waals surface area contributed by atoms with E-state index in [0.717, 1.165) is 41.0 Å². The standard InChI is InChI=1S/C11H14BrNO2/c1-14-10-7(2-4-13)6-8-3-5-15-11(8)9(10)12/h6H,2-5,13H2,1H3. The van der Waals surface area contributed by atoms with Crippen LogP contribution in [-0.4, -0.2) is 20.3 Å². The van der Waals surface area contributed by atoms with Crippen molar-refractivity contribution in [2.75, 3.05) is 20.3 Å². The van der Waals surface area contributed by atoms with Crippen molar-refractivity contribution >= 4 is 15.9 Å². The maximum Gasteiger partial charge on any atom is 0.140 e. The summed E-state index contributed by atoms with van der Waals surface area (Å²) in [6.45, 7) is 1.38. The van der Waals surface area contributed by atoms with Crippen LogP contribution in [0.15, 0.2) is 10.5 Å². The summed E-state index contributed by atoms with van der Waals surface area (Å²) >= 11 is 3.52. The van der Waals surface area contributed by atoms with Crippen LogP contribution in [0.5, 0.6) is 11.5 Å². The lowest BCUT2D eigenvalue weighted by molar-refractivity contribution is 0.349. The van der Waals surface area contributed by atoms with Gasteiger partial charge in [-0.25, -0.2) is 0 Å². The van der Waals surface area contributed by atoms with Gasteiger partial charge in [-0.15, -0.1) is 0 Å². The van der Waals surface area contributed by atoms with E-state index in [1.54, 1.807) is 7.11 Å². The summed E-state index contributed by atoms with van der Waals surface area (Å²) in [5.74, 6) is 1.77. The third-order valence-corrected chi connectivity index (χ3v) is 3.29. The second-order valence-corrected chi connectivity index (χ2v) is 4.30. The Balaban J connectivity index is 2.51. The minimum Gasteiger partial charge on any atom is -0.495 e. The van der Waals surface area contributed by atoms with E-state index in [4.69, 9.17) is 15.2 Å². The summed E-state index contributed by atoms with van der Waals surface area (Å²) in [6, 6.07) is 2.14. The minimum atomic E-state index is 0.627. The van der Waals surface area contributed by atoms with Gasteiger partial charge in [0.2, 0.25) is 0 Å². The monoisotopic (exact) mass is 271 g/mol. The molecule has 15 heavy (non-hydrogen) atoms. The number of methoxy groups -OCH3 is 1. The summed E-state index contributed by atoms with van der Waals surface area (Å²) in [4.78, 5) is 0. The molecule has 0 saturated carbocycles. The fourth-order valence-electron chi connectivity index (χ4n) is 1.89. The highest BCUT2D eigenvalue weighted by Crippen LogP contribution is 2.42. The summed E-state index contributed by atoms with van der Waals surface area (Å²) in [5, 5.41) is 0. The van der Waals surface area contributed by atoms with Crippen molar-refractivity contribution in [1.82, 2.24) is 0 Å². The van der Waals surface area contributed by atoms with Crippen molar-refractivity contribution in [2.45, 2.75) is 12.8 Å². The topological polar surface area (TPSA) is 44.5 Å². The SMILES string of the molecule is COc1c(CCN)cc2c(c1Br)OCC2. The first-order chi connectivity index (χ1) is 7.27. The molecule has 0 fully saturated rings. The number of nitrogens with two attached hydrogens (primary N) is 1. The van der Waals surface area contributed by atoms with Crippen LogP contribution in [0.4, 0.5) is 0 Å². The number of hydrogen-bond acceptors (Lipinski definition) is 3.